The van der Waals surface area contributed by atoms with Crippen molar-refractivity contribution in [2.45, 2.75) is 11.2 Å². The average molecular weight is 372 g/mol. The van der Waals surface area contributed by atoms with Gasteiger partial charge in [-0.15, -0.1) is 0 Å². The molecule has 0 unspecified atom stereocenters. The van der Waals surface area contributed by atoms with Crippen molar-refractivity contribution < 1.29 is 21.6 Å². The van der Waals surface area contributed by atoms with Gasteiger partial charge in [0.2, 0.25) is 0 Å². The first-order chi connectivity index (χ1) is 6.62. The number of alkyl halides is 3. The van der Waals surface area contributed by atoms with Crippen LogP contribution in [-0.4, -0.2) is 13.4 Å². The van der Waals surface area contributed by atoms with Crippen molar-refractivity contribution in [2.75, 3.05) is 0 Å². The van der Waals surface area contributed by atoms with Gasteiger partial charge in [-0.2, -0.15) is 13.2 Å². The molecule has 0 amide bonds. The summed E-state index contributed by atoms with van der Waals surface area (Å²) in [6.07, 6.45) is -3.82. The van der Waals surface area contributed by atoms with Crippen molar-refractivity contribution >= 4 is 42.3 Å². The fourth-order valence-corrected chi connectivity index (χ4v) is 2.06. The van der Waals surface area contributed by atoms with Crippen LogP contribution in [-0.2, 0) is 15.2 Å². The summed E-state index contributed by atoms with van der Waals surface area (Å²) in [7, 11) is 0.628. The van der Waals surface area contributed by atoms with Crippen molar-refractivity contribution in [1.29, 1.82) is 0 Å². The number of nitrogens with zero attached hydrogens (tertiary/aromatic N) is 1. The van der Waals surface area contributed by atoms with Gasteiger partial charge in [0.15, 0.2) is 5.03 Å². The average Bonchev–Trinajstić information content (AvgIpc) is 2.00. The minimum absolute atomic E-state index is 0.191. The molecule has 0 bridgehead atoms. The molecule has 9 heteroatoms. The van der Waals surface area contributed by atoms with Gasteiger partial charge in [0.1, 0.15) is 0 Å². The highest BCUT2D eigenvalue weighted by molar-refractivity contribution is 14.1. The summed E-state index contributed by atoms with van der Waals surface area (Å²) in [5.74, 6) is 0. The Morgan fingerprint density at radius 1 is 1.40 bits per heavy atom. The van der Waals surface area contributed by atoms with Gasteiger partial charge < -0.3 is 0 Å². The first kappa shape index (κ1) is 13.0. The zero-order valence-electron chi connectivity index (χ0n) is 6.72. The van der Waals surface area contributed by atoms with E-state index in [-0.39, 0.29) is 3.57 Å². The third kappa shape index (κ3) is 3.18. The summed E-state index contributed by atoms with van der Waals surface area (Å²) in [5.41, 5.74) is -1.07. The Kier molecular flexibility index (Phi) is 3.51. The molecular formula is C6H2ClF3INO2S. The summed E-state index contributed by atoms with van der Waals surface area (Å²) in [6, 6.07) is 0.407. The summed E-state index contributed by atoms with van der Waals surface area (Å²) in [5, 5.41) is -0.808. The van der Waals surface area contributed by atoms with Crippen LogP contribution in [0.4, 0.5) is 13.2 Å². The van der Waals surface area contributed by atoms with Gasteiger partial charge in [-0.1, -0.05) is 0 Å². The third-order valence-electron chi connectivity index (χ3n) is 1.39. The van der Waals surface area contributed by atoms with Crippen LogP contribution in [0.25, 0.3) is 0 Å². The number of aromatic nitrogens is 1. The standard InChI is InChI=1S/C6H2ClF3INO2S/c7-15(13,14)5-1-3(6(8,9)10)4(11)2-12-5/h1-2H. The molecule has 0 saturated carbocycles. The van der Waals surface area contributed by atoms with E-state index in [0.29, 0.717) is 6.07 Å². The van der Waals surface area contributed by atoms with Gasteiger partial charge >= 0.3 is 6.18 Å². The first-order valence-corrected chi connectivity index (χ1v) is 6.68. The second-order valence-corrected chi connectivity index (χ2v) is 6.11. The molecule has 1 aromatic heterocycles. The summed E-state index contributed by atoms with van der Waals surface area (Å²) < 4.78 is 58.4. The molecule has 0 aliphatic carbocycles. The van der Waals surface area contributed by atoms with Crippen LogP contribution in [0.15, 0.2) is 17.3 Å². The molecule has 0 aromatic carbocycles. The number of pyridine rings is 1. The molecule has 1 rings (SSSR count). The molecule has 0 saturated heterocycles. The van der Waals surface area contributed by atoms with E-state index in [4.69, 9.17) is 10.7 Å². The van der Waals surface area contributed by atoms with E-state index in [2.05, 4.69) is 4.98 Å². The minimum atomic E-state index is -4.63. The van der Waals surface area contributed by atoms with Crippen LogP contribution in [0, 0.1) is 3.57 Å². The van der Waals surface area contributed by atoms with E-state index in [9.17, 15) is 21.6 Å². The second-order valence-electron chi connectivity index (χ2n) is 2.44. The van der Waals surface area contributed by atoms with E-state index in [1.165, 1.54) is 22.6 Å². The number of hydrogen-bond donors (Lipinski definition) is 0. The summed E-state index contributed by atoms with van der Waals surface area (Å²) in [6.45, 7) is 0. The molecule has 0 atom stereocenters. The topological polar surface area (TPSA) is 47.0 Å². The molecule has 1 heterocycles. The van der Waals surface area contributed by atoms with Crippen LogP contribution in [0.5, 0.6) is 0 Å². The Hall–Kier alpha value is -0.0900. The summed E-state index contributed by atoms with van der Waals surface area (Å²) >= 11 is 1.41. The van der Waals surface area contributed by atoms with E-state index < -0.39 is 25.8 Å². The Bertz CT molecular complexity index is 488. The van der Waals surface area contributed by atoms with Crippen LogP contribution in [0.2, 0.25) is 0 Å². The van der Waals surface area contributed by atoms with Gasteiger partial charge in [0.05, 0.1) is 5.56 Å². The van der Waals surface area contributed by atoms with Crippen molar-refractivity contribution in [3.8, 4) is 0 Å². The van der Waals surface area contributed by atoms with Gasteiger partial charge in [-0.25, -0.2) is 13.4 Å². The molecule has 0 aliphatic heterocycles. The lowest BCUT2D eigenvalue weighted by atomic mass is 10.3. The zero-order chi connectivity index (χ0) is 11.9. The quantitative estimate of drug-likeness (QED) is 0.563. The van der Waals surface area contributed by atoms with Crippen LogP contribution < -0.4 is 0 Å². The molecular weight excluding hydrogens is 369 g/mol. The van der Waals surface area contributed by atoms with Crippen LogP contribution in [0.1, 0.15) is 5.56 Å². The molecule has 15 heavy (non-hydrogen) atoms. The normalized spacial score (nSPS) is 12.9. The van der Waals surface area contributed by atoms with Crippen LogP contribution in [0.3, 0.4) is 0 Å². The highest BCUT2D eigenvalue weighted by Crippen LogP contribution is 2.33. The lowest BCUT2D eigenvalue weighted by Gasteiger charge is -2.08. The summed E-state index contributed by atoms with van der Waals surface area (Å²) in [4.78, 5) is 3.30. The van der Waals surface area contributed by atoms with Gasteiger partial charge in [0.25, 0.3) is 9.05 Å². The molecule has 0 N–H and O–H groups in total. The third-order valence-corrected chi connectivity index (χ3v) is 3.44. The predicted octanol–water partition coefficient (Wildman–Crippen LogP) is 2.63. The zero-order valence-corrected chi connectivity index (χ0v) is 10.4. The number of rotatable bonds is 1. The Morgan fingerprint density at radius 3 is 2.33 bits per heavy atom. The second kappa shape index (κ2) is 4.06. The maximum Gasteiger partial charge on any atom is 0.417 e. The lowest BCUT2D eigenvalue weighted by Crippen LogP contribution is -2.10. The highest BCUT2D eigenvalue weighted by Gasteiger charge is 2.34. The Balaban J connectivity index is 3.43. The molecule has 3 nitrogen and oxygen atoms in total. The van der Waals surface area contributed by atoms with Crippen molar-refractivity contribution in [3.63, 3.8) is 0 Å². The molecule has 84 valence electrons. The van der Waals surface area contributed by atoms with Crippen LogP contribution >= 0.6 is 33.3 Å². The van der Waals surface area contributed by atoms with E-state index in [1.807, 2.05) is 0 Å². The molecule has 0 aliphatic rings. The maximum atomic E-state index is 12.3. The molecule has 0 radical (unpaired) electrons. The highest BCUT2D eigenvalue weighted by atomic mass is 127. The van der Waals surface area contributed by atoms with E-state index in [1.54, 1.807) is 0 Å². The SMILES string of the molecule is O=S(=O)(Cl)c1cc(C(F)(F)F)c(I)cn1. The van der Waals surface area contributed by atoms with Gasteiger partial charge in [-0.05, 0) is 28.7 Å². The maximum absolute atomic E-state index is 12.3. The Morgan fingerprint density at radius 2 is 1.93 bits per heavy atom. The smallest absolute Gasteiger partial charge is 0.242 e. The monoisotopic (exact) mass is 371 g/mol. The predicted molar refractivity (Wildman–Crippen MR) is 55.0 cm³/mol. The van der Waals surface area contributed by atoms with E-state index >= 15 is 0 Å². The first-order valence-electron chi connectivity index (χ1n) is 3.30. The van der Waals surface area contributed by atoms with Crippen molar-refractivity contribution in [3.05, 3.63) is 21.4 Å². The number of hydrogen-bond acceptors (Lipinski definition) is 3. The fourth-order valence-electron chi connectivity index (χ4n) is 0.770. The van der Waals surface area contributed by atoms with Gasteiger partial charge in [0, 0.05) is 20.4 Å². The largest absolute Gasteiger partial charge is 0.417 e. The molecule has 1 aromatic rings. The van der Waals surface area contributed by atoms with E-state index in [0.717, 1.165) is 6.20 Å². The number of halogens is 5. The van der Waals surface area contributed by atoms with Crippen molar-refractivity contribution in [1.82, 2.24) is 4.98 Å². The molecule has 0 spiro atoms. The van der Waals surface area contributed by atoms with Crippen molar-refractivity contribution in [2.24, 2.45) is 0 Å². The fraction of sp³-hybridized carbons (Fsp3) is 0.167. The minimum Gasteiger partial charge on any atom is -0.242 e. The lowest BCUT2D eigenvalue weighted by molar-refractivity contribution is -0.138. The Labute approximate surface area is 101 Å². The molecule has 0 fully saturated rings. The van der Waals surface area contributed by atoms with Gasteiger partial charge in [-0.3, -0.25) is 0 Å².